The van der Waals surface area contributed by atoms with Crippen LogP contribution in [0.1, 0.15) is 11.1 Å². The van der Waals surface area contributed by atoms with E-state index in [1.54, 1.807) is 0 Å². The quantitative estimate of drug-likeness (QED) is 0.811. The second-order valence-corrected chi connectivity index (χ2v) is 5.05. The van der Waals surface area contributed by atoms with Crippen molar-refractivity contribution in [3.05, 3.63) is 57.6 Å². The molecule has 2 aromatic carbocycles. The predicted octanol–water partition coefficient (Wildman–Crippen LogP) is 4.26. The lowest BCUT2D eigenvalue weighted by Crippen LogP contribution is -1.99. The van der Waals surface area contributed by atoms with Crippen LogP contribution in [0, 0.1) is 0 Å². The van der Waals surface area contributed by atoms with E-state index in [2.05, 4.69) is 23.5 Å². The minimum Gasteiger partial charge on any atom is -0.309 e. The SMILES string of the molecule is Clc1ccc(Cl)c(-c2ccc3c(c2)CNC3)c1. The van der Waals surface area contributed by atoms with Crippen molar-refractivity contribution in [1.82, 2.24) is 5.32 Å². The Labute approximate surface area is 110 Å². The Bertz CT molecular complexity index is 578. The van der Waals surface area contributed by atoms with Gasteiger partial charge in [-0.2, -0.15) is 0 Å². The third kappa shape index (κ3) is 2.06. The van der Waals surface area contributed by atoms with E-state index in [0.717, 1.165) is 29.2 Å². The number of nitrogens with one attached hydrogen (secondary N) is 1. The Hall–Kier alpha value is -1.02. The minimum absolute atomic E-state index is 0.711. The zero-order valence-corrected chi connectivity index (χ0v) is 10.6. The maximum atomic E-state index is 6.21. The van der Waals surface area contributed by atoms with E-state index in [0.29, 0.717) is 5.02 Å². The number of benzene rings is 2. The lowest BCUT2D eigenvalue weighted by molar-refractivity contribution is 0.765. The molecule has 1 heterocycles. The zero-order valence-electron chi connectivity index (χ0n) is 9.13. The average Bonchev–Trinajstić information content (AvgIpc) is 2.79. The van der Waals surface area contributed by atoms with Gasteiger partial charge in [0.15, 0.2) is 0 Å². The van der Waals surface area contributed by atoms with Gasteiger partial charge in [-0.1, -0.05) is 35.3 Å². The van der Waals surface area contributed by atoms with Crippen molar-refractivity contribution in [2.24, 2.45) is 0 Å². The number of halogens is 2. The molecule has 0 radical (unpaired) electrons. The third-order valence-electron chi connectivity index (χ3n) is 3.08. The number of rotatable bonds is 1. The molecule has 1 aliphatic heterocycles. The van der Waals surface area contributed by atoms with Crippen molar-refractivity contribution in [2.45, 2.75) is 13.1 Å². The molecule has 0 spiro atoms. The highest BCUT2D eigenvalue weighted by atomic mass is 35.5. The average molecular weight is 264 g/mol. The molecule has 1 N–H and O–H groups in total. The number of fused-ring (bicyclic) bond motifs is 1. The molecule has 86 valence electrons. The van der Waals surface area contributed by atoms with Crippen molar-refractivity contribution in [1.29, 1.82) is 0 Å². The second-order valence-electron chi connectivity index (χ2n) is 4.21. The van der Waals surface area contributed by atoms with E-state index in [1.807, 2.05) is 18.2 Å². The molecule has 3 heteroatoms. The van der Waals surface area contributed by atoms with Crippen LogP contribution in [-0.4, -0.2) is 0 Å². The topological polar surface area (TPSA) is 12.0 Å². The minimum atomic E-state index is 0.711. The standard InChI is InChI=1S/C14H11Cl2N/c15-12-3-4-14(16)13(6-12)9-1-2-10-7-17-8-11(10)5-9/h1-6,17H,7-8H2. The summed E-state index contributed by atoms with van der Waals surface area (Å²) < 4.78 is 0. The van der Waals surface area contributed by atoms with Crippen molar-refractivity contribution in [2.75, 3.05) is 0 Å². The maximum absolute atomic E-state index is 6.21. The Morgan fingerprint density at radius 2 is 1.71 bits per heavy atom. The van der Waals surface area contributed by atoms with Crippen LogP contribution >= 0.6 is 23.2 Å². The van der Waals surface area contributed by atoms with Gasteiger partial charge in [0.1, 0.15) is 0 Å². The van der Waals surface area contributed by atoms with Crippen molar-refractivity contribution in [3.63, 3.8) is 0 Å². The summed E-state index contributed by atoms with van der Waals surface area (Å²) in [5.41, 5.74) is 4.83. The molecule has 3 rings (SSSR count). The molecule has 0 fully saturated rings. The van der Waals surface area contributed by atoms with E-state index in [9.17, 15) is 0 Å². The first kappa shape index (κ1) is 11.1. The van der Waals surface area contributed by atoms with E-state index < -0.39 is 0 Å². The molecule has 0 atom stereocenters. The summed E-state index contributed by atoms with van der Waals surface area (Å²) in [6.07, 6.45) is 0. The normalized spacial score (nSPS) is 13.8. The van der Waals surface area contributed by atoms with Gasteiger partial charge in [-0.3, -0.25) is 0 Å². The number of hydrogen-bond donors (Lipinski definition) is 1. The van der Waals surface area contributed by atoms with Crippen LogP contribution in [0.4, 0.5) is 0 Å². The molecule has 1 aliphatic rings. The summed E-state index contributed by atoms with van der Waals surface area (Å²) in [6.45, 7) is 1.89. The summed E-state index contributed by atoms with van der Waals surface area (Å²) in [6, 6.07) is 12.0. The predicted molar refractivity (Wildman–Crippen MR) is 72.4 cm³/mol. The lowest BCUT2D eigenvalue weighted by Gasteiger charge is -2.07. The van der Waals surface area contributed by atoms with Gasteiger partial charge in [-0.15, -0.1) is 0 Å². The largest absolute Gasteiger partial charge is 0.309 e. The highest BCUT2D eigenvalue weighted by Crippen LogP contribution is 2.32. The molecule has 0 saturated carbocycles. The van der Waals surface area contributed by atoms with Crippen LogP contribution in [0.5, 0.6) is 0 Å². The van der Waals surface area contributed by atoms with E-state index in [4.69, 9.17) is 23.2 Å². The Morgan fingerprint density at radius 3 is 2.59 bits per heavy atom. The van der Waals surface area contributed by atoms with E-state index in [1.165, 1.54) is 11.1 Å². The van der Waals surface area contributed by atoms with Crippen LogP contribution in [0.3, 0.4) is 0 Å². The van der Waals surface area contributed by atoms with E-state index in [-0.39, 0.29) is 0 Å². The molecular weight excluding hydrogens is 253 g/mol. The third-order valence-corrected chi connectivity index (χ3v) is 3.64. The Morgan fingerprint density at radius 1 is 0.882 bits per heavy atom. The highest BCUT2D eigenvalue weighted by Gasteiger charge is 2.12. The summed E-state index contributed by atoms with van der Waals surface area (Å²) in [4.78, 5) is 0. The van der Waals surface area contributed by atoms with Crippen LogP contribution in [-0.2, 0) is 13.1 Å². The van der Waals surface area contributed by atoms with Crippen LogP contribution in [0.25, 0.3) is 11.1 Å². The molecule has 0 saturated heterocycles. The molecular formula is C14H11Cl2N. The van der Waals surface area contributed by atoms with Gasteiger partial charge in [0.05, 0.1) is 0 Å². The fourth-order valence-corrected chi connectivity index (χ4v) is 2.58. The van der Waals surface area contributed by atoms with Gasteiger partial charge < -0.3 is 5.32 Å². The first-order chi connectivity index (χ1) is 8.24. The summed E-state index contributed by atoms with van der Waals surface area (Å²) in [5.74, 6) is 0. The Kier molecular flexibility index (Phi) is 2.83. The van der Waals surface area contributed by atoms with Crippen molar-refractivity contribution < 1.29 is 0 Å². The highest BCUT2D eigenvalue weighted by molar-refractivity contribution is 6.35. The van der Waals surface area contributed by atoms with Gasteiger partial charge in [0.2, 0.25) is 0 Å². The molecule has 17 heavy (non-hydrogen) atoms. The summed E-state index contributed by atoms with van der Waals surface area (Å²) in [5, 5.41) is 4.78. The molecule has 0 amide bonds. The summed E-state index contributed by atoms with van der Waals surface area (Å²) >= 11 is 12.2. The maximum Gasteiger partial charge on any atom is 0.0485 e. The van der Waals surface area contributed by atoms with Crippen molar-refractivity contribution >= 4 is 23.2 Å². The van der Waals surface area contributed by atoms with Crippen LogP contribution in [0.2, 0.25) is 10.0 Å². The number of hydrogen-bond acceptors (Lipinski definition) is 1. The Balaban J connectivity index is 2.12. The zero-order chi connectivity index (χ0) is 11.8. The van der Waals surface area contributed by atoms with Gasteiger partial charge in [-0.25, -0.2) is 0 Å². The molecule has 2 aromatic rings. The molecule has 0 unspecified atom stereocenters. The van der Waals surface area contributed by atoms with Gasteiger partial charge in [0, 0.05) is 28.7 Å². The molecule has 0 aromatic heterocycles. The second kappa shape index (κ2) is 4.34. The summed E-state index contributed by atoms with van der Waals surface area (Å²) in [7, 11) is 0. The van der Waals surface area contributed by atoms with Crippen molar-refractivity contribution in [3.8, 4) is 11.1 Å². The lowest BCUT2D eigenvalue weighted by atomic mass is 10.0. The molecule has 0 aliphatic carbocycles. The fourth-order valence-electron chi connectivity index (χ4n) is 2.18. The monoisotopic (exact) mass is 263 g/mol. The van der Waals surface area contributed by atoms with Gasteiger partial charge in [-0.05, 0) is 41.0 Å². The molecule has 1 nitrogen and oxygen atoms in total. The first-order valence-corrected chi connectivity index (χ1v) is 6.27. The van der Waals surface area contributed by atoms with Crippen LogP contribution in [0.15, 0.2) is 36.4 Å². The van der Waals surface area contributed by atoms with E-state index >= 15 is 0 Å². The molecule has 0 bridgehead atoms. The van der Waals surface area contributed by atoms with Gasteiger partial charge >= 0.3 is 0 Å². The fraction of sp³-hybridized carbons (Fsp3) is 0.143. The smallest absolute Gasteiger partial charge is 0.0485 e. The first-order valence-electron chi connectivity index (χ1n) is 5.52. The van der Waals surface area contributed by atoms with Crippen LogP contribution < -0.4 is 5.32 Å². The van der Waals surface area contributed by atoms with Gasteiger partial charge in [0.25, 0.3) is 0 Å².